The maximum absolute atomic E-state index is 11.4. The summed E-state index contributed by atoms with van der Waals surface area (Å²) in [7, 11) is -3.54. The van der Waals surface area contributed by atoms with Gasteiger partial charge in [0.15, 0.2) is 0 Å². The van der Waals surface area contributed by atoms with Crippen LogP contribution in [-0.4, -0.2) is 25.4 Å². The molecule has 0 amide bonds. The molecular weight excluding hydrogens is 420 g/mol. The van der Waals surface area contributed by atoms with Crippen LogP contribution in [0.1, 0.15) is 82.6 Å². The Morgan fingerprint density at radius 3 is 2.00 bits per heavy atom. The zero-order chi connectivity index (χ0) is 24.2. The molecule has 2 aromatic carbocycles. The van der Waals surface area contributed by atoms with Gasteiger partial charge in [-0.05, 0) is 86.3 Å². The van der Waals surface area contributed by atoms with E-state index >= 15 is 0 Å². The largest absolute Gasteiger partial charge is 0.390 e. The molecule has 0 fully saturated rings. The summed E-state index contributed by atoms with van der Waals surface area (Å²) in [6.45, 7) is 12.6. The van der Waals surface area contributed by atoms with E-state index in [0.29, 0.717) is 5.75 Å². The van der Waals surface area contributed by atoms with Gasteiger partial charge in [0.1, 0.15) is 5.75 Å². The van der Waals surface area contributed by atoms with E-state index in [1.54, 1.807) is 12.1 Å². The Hall–Kier alpha value is -1.85. The highest BCUT2D eigenvalue weighted by Crippen LogP contribution is 2.40. The Labute approximate surface area is 195 Å². The predicted octanol–water partition coefficient (Wildman–Crippen LogP) is 6.17. The zero-order valence-corrected chi connectivity index (χ0v) is 21.6. The van der Waals surface area contributed by atoms with E-state index in [0.717, 1.165) is 43.9 Å². The van der Waals surface area contributed by atoms with Gasteiger partial charge in [-0.25, -0.2) is 0 Å². The van der Waals surface area contributed by atoms with Crippen molar-refractivity contribution in [3.63, 3.8) is 0 Å². The van der Waals surface area contributed by atoms with Gasteiger partial charge in [0.2, 0.25) is 0 Å². The van der Waals surface area contributed by atoms with E-state index in [1.165, 1.54) is 16.7 Å². The summed E-state index contributed by atoms with van der Waals surface area (Å²) in [5, 5.41) is 10.5. The molecule has 32 heavy (non-hydrogen) atoms. The Bertz CT molecular complexity index is 987. The summed E-state index contributed by atoms with van der Waals surface area (Å²) >= 11 is 0. The van der Waals surface area contributed by atoms with Gasteiger partial charge in [0, 0.05) is 5.41 Å². The molecule has 0 spiro atoms. The number of benzene rings is 2. The van der Waals surface area contributed by atoms with Gasteiger partial charge < -0.3 is 9.29 Å². The van der Waals surface area contributed by atoms with Crippen molar-refractivity contribution in [1.29, 1.82) is 0 Å². The van der Waals surface area contributed by atoms with Gasteiger partial charge in [-0.3, -0.25) is 0 Å². The molecule has 2 aromatic rings. The summed E-state index contributed by atoms with van der Waals surface area (Å²) in [6, 6.07) is 14.2. The summed E-state index contributed by atoms with van der Waals surface area (Å²) in [6.07, 6.45) is 5.59. The summed E-state index contributed by atoms with van der Waals surface area (Å²) in [4.78, 5) is 0. The lowest BCUT2D eigenvalue weighted by molar-refractivity contribution is -0.000451. The van der Waals surface area contributed by atoms with Crippen molar-refractivity contribution in [3.8, 4) is 5.75 Å². The van der Waals surface area contributed by atoms with Crippen molar-refractivity contribution in [2.45, 2.75) is 84.7 Å². The third kappa shape index (κ3) is 6.14. The molecule has 0 saturated heterocycles. The molecule has 0 aliphatic carbocycles. The van der Waals surface area contributed by atoms with Crippen LogP contribution in [0.4, 0.5) is 0 Å². The van der Waals surface area contributed by atoms with E-state index in [2.05, 4.69) is 45.9 Å². The Morgan fingerprint density at radius 1 is 0.969 bits per heavy atom. The monoisotopic (exact) mass is 460 g/mol. The first kappa shape index (κ1) is 26.4. The van der Waals surface area contributed by atoms with E-state index in [-0.39, 0.29) is 11.3 Å². The normalized spacial score (nSPS) is 15.2. The molecule has 2 rings (SSSR count). The molecule has 1 N–H and O–H groups in total. The SMILES string of the molecule is CCC(CC)(c1ccc(OS(C)(=O)=O)cc1)c1ccc(CCC(C)C(C)(O)CC)c(C)c1. The fourth-order valence-electron chi connectivity index (χ4n) is 4.54. The van der Waals surface area contributed by atoms with Crippen LogP contribution in [0.15, 0.2) is 42.5 Å². The fourth-order valence-corrected chi connectivity index (χ4v) is 5.00. The first-order chi connectivity index (χ1) is 14.9. The molecule has 5 heteroatoms. The molecule has 0 heterocycles. The zero-order valence-electron chi connectivity index (χ0n) is 20.7. The van der Waals surface area contributed by atoms with Crippen LogP contribution in [0.2, 0.25) is 0 Å². The predicted molar refractivity (Wildman–Crippen MR) is 133 cm³/mol. The lowest BCUT2D eigenvalue weighted by Crippen LogP contribution is -2.32. The van der Waals surface area contributed by atoms with E-state index in [1.807, 2.05) is 26.0 Å². The minimum atomic E-state index is -3.54. The number of aryl methyl sites for hydroxylation is 2. The summed E-state index contributed by atoms with van der Waals surface area (Å²) in [5.74, 6) is 0.575. The standard InChI is InChI=1S/C27H40O4S/c1-8-26(6,28)21(5)11-12-22-13-14-24(19-20(22)4)27(9-2,10-3)23-15-17-25(18-16-23)31-32(7,29)30/h13-19,21,28H,8-12H2,1-7H3. The van der Waals surface area contributed by atoms with Crippen LogP contribution in [0.5, 0.6) is 5.75 Å². The molecule has 0 saturated carbocycles. The molecule has 2 unspecified atom stereocenters. The average Bonchev–Trinajstić information content (AvgIpc) is 2.74. The van der Waals surface area contributed by atoms with E-state index < -0.39 is 15.7 Å². The Balaban J connectivity index is 2.31. The second-order valence-corrected chi connectivity index (χ2v) is 11.0. The van der Waals surface area contributed by atoms with Crippen LogP contribution in [0.3, 0.4) is 0 Å². The van der Waals surface area contributed by atoms with Crippen molar-refractivity contribution in [2.24, 2.45) is 5.92 Å². The van der Waals surface area contributed by atoms with Crippen LogP contribution >= 0.6 is 0 Å². The number of hydrogen-bond donors (Lipinski definition) is 1. The second kappa shape index (κ2) is 10.4. The Morgan fingerprint density at radius 2 is 1.53 bits per heavy atom. The molecule has 0 aromatic heterocycles. The smallest absolute Gasteiger partial charge is 0.306 e. The maximum Gasteiger partial charge on any atom is 0.306 e. The lowest BCUT2D eigenvalue weighted by atomic mass is 9.70. The highest BCUT2D eigenvalue weighted by atomic mass is 32.2. The molecule has 0 aliphatic heterocycles. The van der Waals surface area contributed by atoms with Crippen molar-refractivity contribution < 1.29 is 17.7 Å². The van der Waals surface area contributed by atoms with Gasteiger partial charge in [-0.1, -0.05) is 58.0 Å². The minimum Gasteiger partial charge on any atom is -0.390 e. The van der Waals surface area contributed by atoms with Gasteiger partial charge in [0.05, 0.1) is 11.9 Å². The second-order valence-electron chi connectivity index (χ2n) is 9.39. The van der Waals surface area contributed by atoms with Crippen LogP contribution < -0.4 is 4.18 Å². The molecule has 2 atom stereocenters. The summed E-state index contributed by atoms with van der Waals surface area (Å²) in [5.41, 5.74) is 4.25. The molecule has 0 aliphatic rings. The fraction of sp³-hybridized carbons (Fsp3) is 0.556. The lowest BCUT2D eigenvalue weighted by Gasteiger charge is -2.34. The maximum atomic E-state index is 11.4. The van der Waals surface area contributed by atoms with Crippen molar-refractivity contribution in [1.82, 2.24) is 0 Å². The molecule has 0 radical (unpaired) electrons. The van der Waals surface area contributed by atoms with Gasteiger partial charge in [-0.2, -0.15) is 8.42 Å². The average molecular weight is 461 g/mol. The first-order valence-electron chi connectivity index (χ1n) is 11.7. The number of aliphatic hydroxyl groups is 1. The van der Waals surface area contributed by atoms with Crippen LogP contribution in [0, 0.1) is 12.8 Å². The third-order valence-corrected chi connectivity index (χ3v) is 7.88. The van der Waals surface area contributed by atoms with Crippen molar-refractivity contribution >= 4 is 10.1 Å². The van der Waals surface area contributed by atoms with E-state index in [9.17, 15) is 13.5 Å². The molecule has 4 nitrogen and oxygen atoms in total. The van der Waals surface area contributed by atoms with Crippen molar-refractivity contribution in [3.05, 3.63) is 64.7 Å². The highest BCUT2D eigenvalue weighted by Gasteiger charge is 2.31. The Kier molecular flexibility index (Phi) is 8.57. The van der Waals surface area contributed by atoms with E-state index in [4.69, 9.17) is 4.18 Å². The summed E-state index contributed by atoms with van der Waals surface area (Å²) < 4.78 is 27.8. The number of hydrogen-bond acceptors (Lipinski definition) is 4. The molecular formula is C27H40O4S. The molecule has 0 bridgehead atoms. The third-order valence-electron chi connectivity index (χ3n) is 7.38. The number of rotatable bonds is 11. The van der Waals surface area contributed by atoms with Gasteiger partial charge in [0.25, 0.3) is 0 Å². The topological polar surface area (TPSA) is 63.6 Å². The minimum absolute atomic E-state index is 0.147. The van der Waals surface area contributed by atoms with Gasteiger partial charge >= 0.3 is 10.1 Å². The molecule has 178 valence electrons. The first-order valence-corrected chi connectivity index (χ1v) is 13.5. The van der Waals surface area contributed by atoms with Gasteiger partial charge in [-0.15, -0.1) is 0 Å². The van der Waals surface area contributed by atoms with Crippen LogP contribution in [-0.2, 0) is 22.0 Å². The quantitative estimate of drug-likeness (QED) is 0.407. The highest BCUT2D eigenvalue weighted by molar-refractivity contribution is 7.86. The van der Waals surface area contributed by atoms with Crippen molar-refractivity contribution in [2.75, 3.05) is 6.26 Å². The van der Waals surface area contributed by atoms with Crippen LogP contribution in [0.25, 0.3) is 0 Å².